The van der Waals surface area contributed by atoms with Crippen molar-refractivity contribution in [2.45, 2.75) is 13.1 Å². The second kappa shape index (κ2) is 10.1. The maximum absolute atomic E-state index is 13.6. The van der Waals surface area contributed by atoms with Gasteiger partial charge in [-0.3, -0.25) is 0 Å². The molecule has 0 unspecified atom stereocenters. The molecule has 1 N–H and O–H groups in total. The first-order valence-corrected chi connectivity index (χ1v) is 11.8. The standard InChI is InChI=1S/C24H18F3NO6S/c1-3-33-23(30)17-7-5-15(20(12-17)18-9-11-22(29)28-14-18)4-6-16-8-10-19(34-35(2,31)32)13-21(16)24(25,26)27/h5,7-14H,3H2,1-2H3,(H,28,29). The first kappa shape index (κ1) is 25.6. The summed E-state index contributed by atoms with van der Waals surface area (Å²) in [6.45, 7) is 1.79. The quantitative estimate of drug-likeness (QED) is 0.312. The van der Waals surface area contributed by atoms with Crippen LogP contribution < -0.4 is 4.18 Å². The van der Waals surface area contributed by atoms with Crippen LogP contribution in [0.3, 0.4) is 0 Å². The minimum atomic E-state index is -4.83. The second-order valence-corrected chi connectivity index (χ2v) is 8.70. The van der Waals surface area contributed by atoms with E-state index in [4.69, 9.17) is 4.74 Å². The molecule has 0 saturated heterocycles. The third kappa shape index (κ3) is 6.74. The molecule has 35 heavy (non-hydrogen) atoms. The van der Waals surface area contributed by atoms with E-state index in [9.17, 15) is 31.5 Å². The van der Waals surface area contributed by atoms with Crippen molar-refractivity contribution >= 4 is 16.1 Å². The number of alkyl halides is 3. The number of benzene rings is 2. The van der Waals surface area contributed by atoms with Crippen molar-refractivity contribution in [3.63, 3.8) is 0 Å². The van der Waals surface area contributed by atoms with Gasteiger partial charge in [-0.2, -0.15) is 21.6 Å². The van der Waals surface area contributed by atoms with Crippen molar-refractivity contribution in [3.05, 3.63) is 77.0 Å². The van der Waals surface area contributed by atoms with Gasteiger partial charge in [-0.1, -0.05) is 11.8 Å². The van der Waals surface area contributed by atoms with E-state index in [2.05, 4.69) is 21.0 Å². The summed E-state index contributed by atoms with van der Waals surface area (Å²) < 4.78 is 73.0. The molecule has 3 aromatic rings. The first-order chi connectivity index (χ1) is 16.4. The summed E-state index contributed by atoms with van der Waals surface area (Å²) in [4.78, 5) is 16.0. The minimum absolute atomic E-state index is 0.149. The van der Waals surface area contributed by atoms with Gasteiger partial charge in [0, 0.05) is 29.0 Å². The number of carbonyl (C=O) groups is 1. The number of ether oxygens (including phenoxy) is 1. The largest absolute Gasteiger partial charge is 0.493 e. The molecule has 0 spiro atoms. The Morgan fingerprint density at radius 2 is 1.74 bits per heavy atom. The zero-order valence-corrected chi connectivity index (χ0v) is 19.2. The number of aromatic hydroxyl groups is 1. The molecular weight excluding hydrogens is 487 g/mol. The van der Waals surface area contributed by atoms with E-state index >= 15 is 0 Å². The van der Waals surface area contributed by atoms with Gasteiger partial charge in [-0.25, -0.2) is 9.78 Å². The van der Waals surface area contributed by atoms with Crippen molar-refractivity contribution in [2.75, 3.05) is 12.9 Å². The fraction of sp³-hybridized carbons (Fsp3) is 0.167. The molecule has 0 amide bonds. The Balaban J connectivity index is 2.12. The SMILES string of the molecule is CCOC(=O)c1ccc(C#Cc2ccc(OS(C)(=O)=O)cc2C(F)(F)F)c(-c2ccc(O)nc2)c1. The lowest BCUT2D eigenvalue weighted by atomic mass is 9.98. The molecule has 2 aromatic carbocycles. The molecule has 0 fully saturated rings. The highest BCUT2D eigenvalue weighted by atomic mass is 32.2. The predicted octanol–water partition coefficient (Wildman–Crippen LogP) is 4.39. The Kier molecular flexibility index (Phi) is 7.36. The third-order valence-electron chi connectivity index (χ3n) is 4.47. The summed E-state index contributed by atoms with van der Waals surface area (Å²) in [5.74, 6) is 3.79. The van der Waals surface area contributed by atoms with E-state index in [1.54, 1.807) is 6.92 Å². The third-order valence-corrected chi connectivity index (χ3v) is 4.96. The molecule has 0 atom stereocenters. The highest BCUT2D eigenvalue weighted by molar-refractivity contribution is 7.86. The number of rotatable bonds is 5. The van der Waals surface area contributed by atoms with Crippen molar-refractivity contribution in [3.8, 4) is 34.6 Å². The highest BCUT2D eigenvalue weighted by Crippen LogP contribution is 2.34. The van der Waals surface area contributed by atoms with Crippen LogP contribution in [0.4, 0.5) is 13.2 Å². The van der Waals surface area contributed by atoms with Gasteiger partial charge in [0.25, 0.3) is 0 Å². The van der Waals surface area contributed by atoms with Crippen LogP contribution in [-0.2, 0) is 21.0 Å². The van der Waals surface area contributed by atoms with Crippen LogP contribution in [0, 0.1) is 11.8 Å². The second-order valence-electron chi connectivity index (χ2n) is 7.13. The summed E-state index contributed by atoms with van der Waals surface area (Å²) in [6.07, 6.45) is -2.80. The molecule has 3 rings (SSSR count). The van der Waals surface area contributed by atoms with Crippen LogP contribution in [0.2, 0.25) is 0 Å². The van der Waals surface area contributed by atoms with E-state index in [1.807, 2.05) is 0 Å². The average molecular weight is 505 g/mol. The number of hydrogen-bond acceptors (Lipinski definition) is 7. The molecule has 0 aliphatic carbocycles. The van der Waals surface area contributed by atoms with Crippen LogP contribution >= 0.6 is 0 Å². The van der Waals surface area contributed by atoms with E-state index in [1.165, 1.54) is 36.5 Å². The highest BCUT2D eigenvalue weighted by Gasteiger charge is 2.34. The fourth-order valence-corrected chi connectivity index (χ4v) is 3.46. The summed E-state index contributed by atoms with van der Waals surface area (Å²) in [5, 5.41) is 9.47. The summed E-state index contributed by atoms with van der Waals surface area (Å²) in [7, 11) is -4.03. The Hall–Kier alpha value is -4.04. The number of carbonyl (C=O) groups excluding carboxylic acids is 1. The van der Waals surface area contributed by atoms with Gasteiger partial charge in [0.05, 0.1) is 24.0 Å². The normalized spacial score (nSPS) is 11.3. The Morgan fingerprint density at radius 3 is 2.34 bits per heavy atom. The van der Waals surface area contributed by atoms with Gasteiger partial charge < -0.3 is 14.0 Å². The van der Waals surface area contributed by atoms with Crippen LogP contribution in [0.1, 0.15) is 34.0 Å². The van der Waals surface area contributed by atoms with Crippen LogP contribution in [0.25, 0.3) is 11.1 Å². The molecule has 0 bridgehead atoms. The molecule has 11 heteroatoms. The Morgan fingerprint density at radius 1 is 1.06 bits per heavy atom. The maximum atomic E-state index is 13.6. The lowest BCUT2D eigenvalue weighted by Gasteiger charge is -2.11. The molecule has 0 aliphatic rings. The van der Waals surface area contributed by atoms with Crippen molar-refractivity contribution in [1.29, 1.82) is 0 Å². The van der Waals surface area contributed by atoms with Gasteiger partial charge in [0.2, 0.25) is 5.88 Å². The van der Waals surface area contributed by atoms with E-state index in [0.29, 0.717) is 23.4 Å². The molecule has 1 heterocycles. The number of hydrogen-bond donors (Lipinski definition) is 1. The maximum Gasteiger partial charge on any atom is 0.417 e. The van der Waals surface area contributed by atoms with E-state index in [-0.39, 0.29) is 23.6 Å². The van der Waals surface area contributed by atoms with E-state index < -0.39 is 39.1 Å². The summed E-state index contributed by atoms with van der Waals surface area (Å²) in [5.41, 5.74) is -0.300. The van der Waals surface area contributed by atoms with Crippen LogP contribution in [0.5, 0.6) is 11.6 Å². The van der Waals surface area contributed by atoms with Crippen LogP contribution in [0.15, 0.2) is 54.7 Å². The van der Waals surface area contributed by atoms with Crippen molar-refractivity contribution in [2.24, 2.45) is 0 Å². The lowest BCUT2D eigenvalue weighted by molar-refractivity contribution is -0.137. The summed E-state index contributed by atoms with van der Waals surface area (Å²) in [6, 6.07) is 9.79. The Bertz CT molecular complexity index is 1420. The molecule has 0 saturated carbocycles. The number of esters is 1. The van der Waals surface area contributed by atoms with Crippen LogP contribution in [-0.4, -0.2) is 37.3 Å². The Labute approximate surface area is 199 Å². The number of pyridine rings is 1. The predicted molar refractivity (Wildman–Crippen MR) is 120 cm³/mol. The monoisotopic (exact) mass is 505 g/mol. The average Bonchev–Trinajstić information content (AvgIpc) is 2.77. The van der Waals surface area contributed by atoms with Gasteiger partial charge in [-0.05, 0) is 55.0 Å². The zero-order valence-electron chi connectivity index (χ0n) is 18.4. The van der Waals surface area contributed by atoms with Gasteiger partial charge >= 0.3 is 22.3 Å². The van der Waals surface area contributed by atoms with Crippen molar-refractivity contribution < 1.29 is 40.4 Å². The zero-order chi connectivity index (χ0) is 25.8. The molecule has 7 nitrogen and oxygen atoms in total. The minimum Gasteiger partial charge on any atom is -0.493 e. The first-order valence-electron chi connectivity index (χ1n) is 9.96. The fourth-order valence-electron chi connectivity index (χ4n) is 3.01. The topological polar surface area (TPSA) is 103 Å². The lowest BCUT2D eigenvalue weighted by Crippen LogP contribution is -2.10. The van der Waals surface area contributed by atoms with Gasteiger partial charge in [0.1, 0.15) is 5.75 Å². The number of halogens is 3. The van der Waals surface area contributed by atoms with Gasteiger partial charge in [-0.15, -0.1) is 0 Å². The molecular formula is C24H18F3NO6S. The molecule has 1 aromatic heterocycles. The number of aromatic nitrogens is 1. The van der Waals surface area contributed by atoms with Gasteiger partial charge in [0.15, 0.2) is 0 Å². The molecule has 182 valence electrons. The van der Waals surface area contributed by atoms with Crippen molar-refractivity contribution in [1.82, 2.24) is 4.98 Å². The molecule has 0 radical (unpaired) electrons. The smallest absolute Gasteiger partial charge is 0.417 e. The van der Waals surface area contributed by atoms with E-state index in [0.717, 1.165) is 12.1 Å². The number of nitrogens with zero attached hydrogens (tertiary/aromatic N) is 1. The summed E-state index contributed by atoms with van der Waals surface area (Å²) >= 11 is 0. The molecule has 0 aliphatic heterocycles.